The van der Waals surface area contributed by atoms with Crippen LogP contribution in [-0.2, 0) is 9.53 Å². The van der Waals surface area contributed by atoms with Crippen LogP contribution in [0.15, 0.2) is 12.1 Å². The number of hydrogen-bond donors (Lipinski definition) is 1. The van der Waals surface area contributed by atoms with Gasteiger partial charge in [0.05, 0.1) is 5.56 Å². The summed E-state index contributed by atoms with van der Waals surface area (Å²) in [6, 6.07) is 1.35. The van der Waals surface area contributed by atoms with Crippen LogP contribution < -0.4 is 5.73 Å². The van der Waals surface area contributed by atoms with Crippen LogP contribution >= 0.6 is 0 Å². The van der Waals surface area contributed by atoms with Gasteiger partial charge in [-0.2, -0.15) is 0 Å². The molecule has 1 aromatic carbocycles. The molecule has 116 valence electrons. The molecule has 2 N–H and O–H groups in total. The van der Waals surface area contributed by atoms with Crippen LogP contribution in [0.4, 0.5) is 14.5 Å². The van der Waals surface area contributed by atoms with E-state index in [1.807, 2.05) is 0 Å². The molecular weight excluding hydrogens is 282 g/mol. The zero-order valence-corrected chi connectivity index (χ0v) is 12.2. The maximum atomic E-state index is 13.1. The van der Waals surface area contributed by atoms with Gasteiger partial charge in [-0.25, -0.2) is 13.6 Å². The van der Waals surface area contributed by atoms with Crippen LogP contribution in [0.5, 0.6) is 0 Å². The summed E-state index contributed by atoms with van der Waals surface area (Å²) in [5.74, 6) is -3.70. The average molecular weight is 300 g/mol. The summed E-state index contributed by atoms with van der Waals surface area (Å²) < 4.78 is 31.0. The van der Waals surface area contributed by atoms with E-state index in [0.717, 1.165) is 0 Å². The molecule has 0 saturated carbocycles. The van der Waals surface area contributed by atoms with Crippen molar-refractivity contribution in [3.63, 3.8) is 0 Å². The summed E-state index contributed by atoms with van der Waals surface area (Å²) in [6.07, 6.45) is -1.04. The van der Waals surface area contributed by atoms with E-state index in [9.17, 15) is 18.4 Å². The van der Waals surface area contributed by atoms with Crippen molar-refractivity contribution < 1.29 is 23.1 Å². The SMILES string of the molecule is CCN(CC)C(=O)C(C)OC(=O)c1cc(F)c(F)cc1N. The molecular formula is C14H18F2N2O3. The Morgan fingerprint density at radius 3 is 2.29 bits per heavy atom. The number of halogens is 2. The minimum atomic E-state index is -1.21. The summed E-state index contributed by atoms with van der Waals surface area (Å²) in [7, 11) is 0. The van der Waals surface area contributed by atoms with Gasteiger partial charge in [0.1, 0.15) is 0 Å². The topological polar surface area (TPSA) is 72.6 Å². The van der Waals surface area contributed by atoms with E-state index in [2.05, 4.69) is 0 Å². The van der Waals surface area contributed by atoms with E-state index < -0.39 is 23.7 Å². The Balaban J connectivity index is 2.86. The standard InChI is InChI=1S/C14H18F2N2O3/c1-4-18(5-2)13(19)8(3)21-14(20)9-6-10(15)11(16)7-12(9)17/h6-8H,4-5,17H2,1-3H3. The molecule has 0 heterocycles. The zero-order valence-electron chi connectivity index (χ0n) is 12.2. The number of nitrogen functional groups attached to an aromatic ring is 1. The molecule has 1 unspecified atom stereocenters. The second kappa shape index (κ2) is 7.01. The highest BCUT2D eigenvalue weighted by Crippen LogP contribution is 2.18. The van der Waals surface area contributed by atoms with E-state index in [-0.39, 0.29) is 17.2 Å². The highest BCUT2D eigenvalue weighted by molar-refractivity contribution is 5.96. The van der Waals surface area contributed by atoms with Crippen LogP contribution in [0.3, 0.4) is 0 Å². The highest BCUT2D eigenvalue weighted by Gasteiger charge is 2.24. The molecule has 0 fully saturated rings. The van der Waals surface area contributed by atoms with Crippen molar-refractivity contribution in [3.05, 3.63) is 29.3 Å². The monoisotopic (exact) mass is 300 g/mol. The molecule has 0 bridgehead atoms. The first-order chi connectivity index (χ1) is 9.81. The highest BCUT2D eigenvalue weighted by atomic mass is 19.2. The van der Waals surface area contributed by atoms with Gasteiger partial charge < -0.3 is 15.4 Å². The molecule has 1 aromatic rings. The minimum Gasteiger partial charge on any atom is -0.449 e. The first-order valence-electron chi connectivity index (χ1n) is 6.56. The molecule has 5 nitrogen and oxygen atoms in total. The number of hydrogen-bond acceptors (Lipinski definition) is 4. The Hall–Kier alpha value is -2.18. The lowest BCUT2D eigenvalue weighted by Gasteiger charge is -2.22. The fourth-order valence-corrected chi connectivity index (χ4v) is 1.81. The van der Waals surface area contributed by atoms with Gasteiger partial charge in [0.25, 0.3) is 5.91 Å². The second-order valence-electron chi connectivity index (χ2n) is 4.41. The Morgan fingerprint density at radius 1 is 1.24 bits per heavy atom. The van der Waals surface area contributed by atoms with Crippen molar-refractivity contribution in [2.45, 2.75) is 26.9 Å². The summed E-state index contributed by atoms with van der Waals surface area (Å²) in [6.45, 7) is 5.95. The third-order valence-corrected chi connectivity index (χ3v) is 3.02. The third-order valence-electron chi connectivity index (χ3n) is 3.02. The molecule has 0 aliphatic rings. The third kappa shape index (κ3) is 3.90. The van der Waals surface area contributed by atoms with Crippen molar-refractivity contribution in [2.24, 2.45) is 0 Å². The number of anilines is 1. The Labute approximate surface area is 121 Å². The van der Waals surface area contributed by atoms with Gasteiger partial charge >= 0.3 is 5.97 Å². The summed E-state index contributed by atoms with van der Waals surface area (Å²) >= 11 is 0. The molecule has 1 amide bonds. The van der Waals surface area contributed by atoms with Crippen LogP contribution in [0.25, 0.3) is 0 Å². The van der Waals surface area contributed by atoms with E-state index in [4.69, 9.17) is 10.5 Å². The molecule has 21 heavy (non-hydrogen) atoms. The number of carbonyl (C=O) groups is 2. The van der Waals surface area contributed by atoms with Crippen LogP contribution in [-0.4, -0.2) is 36.0 Å². The summed E-state index contributed by atoms with van der Waals surface area (Å²) in [5, 5.41) is 0. The van der Waals surface area contributed by atoms with E-state index in [1.165, 1.54) is 11.8 Å². The average Bonchev–Trinajstić information content (AvgIpc) is 2.43. The number of amides is 1. The summed E-state index contributed by atoms with van der Waals surface area (Å²) in [4.78, 5) is 25.3. The Bertz CT molecular complexity index is 545. The zero-order chi connectivity index (χ0) is 16.2. The fourth-order valence-electron chi connectivity index (χ4n) is 1.81. The quantitative estimate of drug-likeness (QED) is 0.666. The fraction of sp³-hybridized carbons (Fsp3) is 0.429. The lowest BCUT2D eigenvalue weighted by molar-refractivity contribution is -0.139. The van der Waals surface area contributed by atoms with Crippen molar-refractivity contribution in [2.75, 3.05) is 18.8 Å². The number of ether oxygens (including phenoxy) is 1. The van der Waals surface area contributed by atoms with Crippen molar-refractivity contribution in [1.82, 2.24) is 4.90 Å². The number of nitrogens with two attached hydrogens (primary N) is 1. The molecule has 0 saturated heterocycles. The maximum absolute atomic E-state index is 13.1. The number of benzene rings is 1. The van der Waals surface area contributed by atoms with Crippen molar-refractivity contribution in [1.29, 1.82) is 0 Å². The van der Waals surface area contributed by atoms with Gasteiger partial charge in [0.2, 0.25) is 0 Å². The van der Waals surface area contributed by atoms with Crippen LogP contribution in [0, 0.1) is 11.6 Å². The van der Waals surface area contributed by atoms with Crippen LogP contribution in [0.1, 0.15) is 31.1 Å². The first kappa shape index (κ1) is 16.9. The van der Waals surface area contributed by atoms with Gasteiger partial charge in [0, 0.05) is 24.8 Å². The molecule has 1 atom stereocenters. The van der Waals surface area contributed by atoms with E-state index in [1.54, 1.807) is 13.8 Å². The predicted molar refractivity (Wildman–Crippen MR) is 73.6 cm³/mol. The van der Waals surface area contributed by atoms with Crippen molar-refractivity contribution >= 4 is 17.6 Å². The minimum absolute atomic E-state index is 0.249. The van der Waals surface area contributed by atoms with Crippen molar-refractivity contribution in [3.8, 4) is 0 Å². The molecule has 0 spiro atoms. The lowest BCUT2D eigenvalue weighted by atomic mass is 10.1. The van der Waals surface area contributed by atoms with Gasteiger partial charge in [-0.3, -0.25) is 4.79 Å². The second-order valence-corrected chi connectivity index (χ2v) is 4.41. The van der Waals surface area contributed by atoms with Gasteiger partial charge in [-0.15, -0.1) is 0 Å². The smallest absolute Gasteiger partial charge is 0.341 e. The molecule has 0 radical (unpaired) electrons. The molecule has 0 aliphatic carbocycles. The number of carbonyl (C=O) groups excluding carboxylic acids is 2. The van der Waals surface area contributed by atoms with Gasteiger partial charge in [-0.05, 0) is 26.8 Å². The number of likely N-dealkylation sites (N-methyl/N-ethyl adjacent to an activating group) is 1. The molecule has 7 heteroatoms. The summed E-state index contributed by atoms with van der Waals surface area (Å²) in [5.41, 5.74) is 4.89. The van der Waals surface area contributed by atoms with Gasteiger partial charge in [-0.1, -0.05) is 0 Å². The molecule has 0 aromatic heterocycles. The molecule has 1 rings (SSSR count). The number of nitrogens with zero attached hydrogens (tertiary/aromatic N) is 1. The Kier molecular flexibility index (Phi) is 5.63. The first-order valence-corrected chi connectivity index (χ1v) is 6.56. The largest absolute Gasteiger partial charge is 0.449 e. The predicted octanol–water partition coefficient (Wildman–Crippen LogP) is 1.96. The van der Waals surface area contributed by atoms with Crippen LogP contribution in [0.2, 0.25) is 0 Å². The van der Waals surface area contributed by atoms with Gasteiger partial charge in [0.15, 0.2) is 17.7 Å². The molecule has 0 aliphatic heterocycles. The maximum Gasteiger partial charge on any atom is 0.341 e. The van der Waals surface area contributed by atoms with E-state index in [0.29, 0.717) is 25.2 Å². The van der Waals surface area contributed by atoms with E-state index >= 15 is 0 Å². The Morgan fingerprint density at radius 2 is 1.76 bits per heavy atom. The lowest BCUT2D eigenvalue weighted by Crippen LogP contribution is -2.39. The number of esters is 1. The normalized spacial score (nSPS) is 11.9. The number of rotatable bonds is 5.